The summed E-state index contributed by atoms with van der Waals surface area (Å²) in [5.74, 6) is 0.377. The van der Waals surface area contributed by atoms with E-state index in [-0.39, 0.29) is 12.5 Å². The summed E-state index contributed by atoms with van der Waals surface area (Å²) in [6.07, 6.45) is 3.29. The predicted octanol–water partition coefficient (Wildman–Crippen LogP) is 1.27. The van der Waals surface area contributed by atoms with Gasteiger partial charge in [-0.25, -0.2) is 0 Å². The van der Waals surface area contributed by atoms with Crippen molar-refractivity contribution in [2.24, 2.45) is 0 Å². The van der Waals surface area contributed by atoms with E-state index in [2.05, 4.69) is 15.3 Å². The number of nitrogens with zero attached hydrogens (tertiary/aromatic N) is 2. The SMILES string of the molecule is CNC(=O)COc1ccc(-c2ccccn2)nc1. The molecule has 2 aromatic heterocycles. The molecule has 0 fully saturated rings. The van der Waals surface area contributed by atoms with Crippen molar-refractivity contribution in [3.63, 3.8) is 0 Å². The summed E-state index contributed by atoms with van der Waals surface area (Å²) in [5.41, 5.74) is 1.57. The summed E-state index contributed by atoms with van der Waals surface area (Å²) in [4.78, 5) is 19.4. The fraction of sp³-hybridized carbons (Fsp3) is 0.154. The van der Waals surface area contributed by atoms with Gasteiger partial charge in [0.25, 0.3) is 5.91 Å². The molecule has 2 aromatic rings. The third-order valence-corrected chi connectivity index (χ3v) is 2.31. The highest BCUT2D eigenvalue weighted by Crippen LogP contribution is 2.16. The van der Waals surface area contributed by atoms with Crippen LogP contribution in [0.1, 0.15) is 0 Å². The van der Waals surface area contributed by atoms with Gasteiger partial charge in [-0.15, -0.1) is 0 Å². The molecule has 92 valence electrons. The Kier molecular flexibility index (Phi) is 3.86. The number of pyridine rings is 2. The van der Waals surface area contributed by atoms with Crippen LogP contribution in [0.2, 0.25) is 0 Å². The van der Waals surface area contributed by atoms with Crippen molar-refractivity contribution in [1.29, 1.82) is 0 Å². The fourth-order valence-electron chi connectivity index (χ4n) is 1.35. The number of hydrogen-bond acceptors (Lipinski definition) is 4. The molecule has 0 aliphatic heterocycles. The standard InChI is InChI=1S/C13H13N3O2/c1-14-13(17)9-18-10-5-6-12(16-8-10)11-4-2-3-7-15-11/h2-8H,9H2,1H3,(H,14,17). The van der Waals surface area contributed by atoms with Gasteiger partial charge in [0.05, 0.1) is 17.6 Å². The van der Waals surface area contributed by atoms with Crippen LogP contribution in [0.4, 0.5) is 0 Å². The molecule has 0 spiro atoms. The van der Waals surface area contributed by atoms with E-state index < -0.39 is 0 Å². The summed E-state index contributed by atoms with van der Waals surface area (Å²) in [6, 6.07) is 9.21. The number of hydrogen-bond donors (Lipinski definition) is 1. The second-order valence-electron chi connectivity index (χ2n) is 3.56. The van der Waals surface area contributed by atoms with E-state index >= 15 is 0 Å². The second kappa shape index (κ2) is 5.77. The number of carbonyl (C=O) groups is 1. The zero-order valence-electron chi connectivity index (χ0n) is 9.96. The lowest BCUT2D eigenvalue weighted by molar-refractivity contribution is -0.122. The maximum atomic E-state index is 11.0. The van der Waals surface area contributed by atoms with E-state index in [1.54, 1.807) is 25.5 Å². The van der Waals surface area contributed by atoms with E-state index in [1.807, 2.05) is 24.3 Å². The smallest absolute Gasteiger partial charge is 0.257 e. The molecule has 2 rings (SSSR count). The number of carbonyl (C=O) groups excluding carboxylic acids is 1. The van der Waals surface area contributed by atoms with E-state index in [9.17, 15) is 4.79 Å². The van der Waals surface area contributed by atoms with Gasteiger partial charge in [-0.1, -0.05) is 6.07 Å². The van der Waals surface area contributed by atoms with Crippen LogP contribution >= 0.6 is 0 Å². The van der Waals surface area contributed by atoms with Gasteiger partial charge in [-0.3, -0.25) is 14.8 Å². The van der Waals surface area contributed by atoms with Gasteiger partial charge < -0.3 is 10.1 Å². The van der Waals surface area contributed by atoms with Gasteiger partial charge in [-0.05, 0) is 24.3 Å². The van der Waals surface area contributed by atoms with Crippen LogP contribution in [0.25, 0.3) is 11.4 Å². The normalized spacial score (nSPS) is 9.83. The molecule has 1 amide bonds. The summed E-state index contributed by atoms with van der Waals surface area (Å²) >= 11 is 0. The Hall–Kier alpha value is -2.43. The Morgan fingerprint density at radius 2 is 2.06 bits per heavy atom. The molecular formula is C13H13N3O2. The van der Waals surface area contributed by atoms with Crippen LogP contribution in [0.15, 0.2) is 42.7 Å². The van der Waals surface area contributed by atoms with E-state index in [0.29, 0.717) is 5.75 Å². The molecule has 18 heavy (non-hydrogen) atoms. The topological polar surface area (TPSA) is 64.1 Å². The lowest BCUT2D eigenvalue weighted by atomic mass is 10.2. The van der Waals surface area contributed by atoms with Crippen molar-refractivity contribution in [1.82, 2.24) is 15.3 Å². The Bertz CT molecular complexity index is 512. The first-order valence-electron chi connectivity index (χ1n) is 5.50. The first-order valence-corrected chi connectivity index (χ1v) is 5.50. The van der Waals surface area contributed by atoms with Crippen molar-refractivity contribution in [2.45, 2.75) is 0 Å². The second-order valence-corrected chi connectivity index (χ2v) is 3.56. The van der Waals surface area contributed by atoms with Gasteiger partial charge in [0, 0.05) is 13.2 Å². The average molecular weight is 243 g/mol. The zero-order chi connectivity index (χ0) is 12.8. The van der Waals surface area contributed by atoms with Crippen LogP contribution in [0, 0.1) is 0 Å². The van der Waals surface area contributed by atoms with Crippen molar-refractivity contribution in [2.75, 3.05) is 13.7 Å². The summed E-state index contributed by atoms with van der Waals surface area (Å²) < 4.78 is 5.25. The van der Waals surface area contributed by atoms with Gasteiger partial charge in [-0.2, -0.15) is 0 Å². The quantitative estimate of drug-likeness (QED) is 0.878. The molecule has 0 aromatic carbocycles. The third kappa shape index (κ3) is 3.04. The first-order chi connectivity index (χ1) is 8.79. The molecule has 0 radical (unpaired) electrons. The number of aromatic nitrogens is 2. The molecular weight excluding hydrogens is 230 g/mol. The van der Waals surface area contributed by atoms with E-state index in [0.717, 1.165) is 11.4 Å². The Labute approximate surface area is 105 Å². The molecule has 5 heteroatoms. The molecule has 1 N–H and O–H groups in total. The van der Waals surface area contributed by atoms with Crippen LogP contribution < -0.4 is 10.1 Å². The monoisotopic (exact) mass is 243 g/mol. The number of nitrogens with one attached hydrogen (secondary N) is 1. The number of ether oxygens (including phenoxy) is 1. The molecule has 0 bridgehead atoms. The lowest BCUT2D eigenvalue weighted by Gasteiger charge is -2.05. The lowest BCUT2D eigenvalue weighted by Crippen LogP contribution is -2.24. The maximum absolute atomic E-state index is 11.0. The molecule has 2 heterocycles. The summed E-state index contributed by atoms with van der Waals surface area (Å²) in [5, 5.41) is 2.48. The van der Waals surface area contributed by atoms with Crippen molar-refractivity contribution >= 4 is 5.91 Å². The highest BCUT2D eigenvalue weighted by Gasteiger charge is 2.02. The largest absolute Gasteiger partial charge is 0.482 e. The van der Waals surface area contributed by atoms with Gasteiger partial charge in [0.15, 0.2) is 6.61 Å². The Morgan fingerprint density at radius 1 is 1.22 bits per heavy atom. The minimum Gasteiger partial charge on any atom is -0.482 e. The van der Waals surface area contributed by atoms with Crippen LogP contribution in [-0.4, -0.2) is 29.5 Å². The third-order valence-electron chi connectivity index (χ3n) is 2.31. The molecule has 0 saturated heterocycles. The highest BCUT2D eigenvalue weighted by atomic mass is 16.5. The summed E-state index contributed by atoms with van der Waals surface area (Å²) in [7, 11) is 1.56. The van der Waals surface area contributed by atoms with E-state index in [1.165, 1.54) is 0 Å². The highest BCUT2D eigenvalue weighted by molar-refractivity contribution is 5.77. The van der Waals surface area contributed by atoms with Crippen molar-refractivity contribution in [3.8, 4) is 17.1 Å². The molecule has 0 aliphatic rings. The van der Waals surface area contributed by atoms with Gasteiger partial charge in [0.1, 0.15) is 5.75 Å². The Balaban J connectivity index is 2.04. The van der Waals surface area contributed by atoms with Crippen LogP contribution in [0.5, 0.6) is 5.75 Å². The molecule has 0 unspecified atom stereocenters. The summed E-state index contributed by atoms with van der Waals surface area (Å²) in [6.45, 7) is -0.0128. The van der Waals surface area contributed by atoms with Crippen LogP contribution in [-0.2, 0) is 4.79 Å². The fourth-order valence-corrected chi connectivity index (χ4v) is 1.35. The Morgan fingerprint density at radius 3 is 2.67 bits per heavy atom. The molecule has 0 aliphatic carbocycles. The first kappa shape index (κ1) is 12.0. The van der Waals surface area contributed by atoms with E-state index in [4.69, 9.17) is 4.74 Å². The molecule has 5 nitrogen and oxygen atoms in total. The molecule has 0 saturated carbocycles. The maximum Gasteiger partial charge on any atom is 0.257 e. The van der Waals surface area contributed by atoms with Crippen LogP contribution in [0.3, 0.4) is 0 Å². The van der Waals surface area contributed by atoms with Gasteiger partial charge in [0.2, 0.25) is 0 Å². The predicted molar refractivity (Wildman–Crippen MR) is 67.0 cm³/mol. The minimum atomic E-state index is -0.177. The van der Waals surface area contributed by atoms with Gasteiger partial charge >= 0.3 is 0 Å². The van der Waals surface area contributed by atoms with Crippen molar-refractivity contribution < 1.29 is 9.53 Å². The zero-order valence-corrected chi connectivity index (χ0v) is 9.96. The number of amides is 1. The number of likely N-dealkylation sites (N-methyl/N-ethyl adjacent to an activating group) is 1. The van der Waals surface area contributed by atoms with Crippen molar-refractivity contribution in [3.05, 3.63) is 42.7 Å². The average Bonchev–Trinajstić information content (AvgIpc) is 2.46. The molecule has 0 atom stereocenters. The number of rotatable bonds is 4. The minimum absolute atomic E-state index is 0.0128.